The Morgan fingerprint density at radius 3 is 2.90 bits per heavy atom. The van der Waals surface area contributed by atoms with Crippen LogP contribution in [0.15, 0.2) is 24.5 Å². The summed E-state index contributed by atoms with van der Waals surface area (Å²) in [5.41, 5.74) is -0.631. The number of rotatable bonds is 1. The second-order valence-electron chi connectivity index (χ2n) is 7.31. The predicted molar refractivity (Wildman–Crippen MR) is 106 cm³/mol. The number of ether oxygens (including phenoxy) is 1. The highest BCUT2D eigenvalue weighted by atomic mass is 35.5. The molecule has 1 fully saturated rings. The lowest BCUT2D eigenvalue weighted by Gasteiger charge is -2.38. The number of piperazine rings is 1. The summed E-state index contributed by atoms with van der Waals surface area (Å²) in [6.45, 7) is 3.68. The van der Waals surface area contributed by atoms with Gasteiger partial charge in [-0.15, -0.1) is 0 Å². The average Bonchev–Trinajstić information content (AvgIpc) is 2.86. The van der Waals surface area contributed by atoms with E-state index in [0.29, 0.717) is 30.9 Å². The van der Waals surface area contributed by atoms with Gasteiger partial charge in [-0.25, -0.2) is 18.7 Å². The molecule has 9 heteroatoms. The number of aromatic hydroxyl groups is 1. The van der Waals surface area contributed by atoms with E-state index < -0.39 is 17.4 Å². The van der Waals surface area contributed by atoms with E-state index in [2.05, 4.69) is 27.1 Å². The van der Waals surface area contributed by atoms with Gasteiger partial charge >= 0.3 is 0 Å². The second kappa shape index (κ2) is 6.67. The highest BCUT2D eigenvalue weighted by Crippen LogP contribution is 2.49. The molecule has 3 aromatic rings. The standard InChI is InChI=1S/C20H17ClF2N4O2/c1-9-6-27-10(5-24-9)7-29-19-15-18(25-8-26-20(15)27)17(23)14(16(19)21)13-11(22)3-2-4-12(13)28/h2-4,8-10,24,28H,5-7H2,1H3/t9-,10?/m0/s1. The van der Waals surface area contributed by atoms with Crippen LogP contribution in [-0.4, -0.2) is 46.9 Å². The molecule has 0 amide bonds. The first-order chi connectivity index (χ1) is 14.0. The molecule has 0 aliphatic carbocycles. The number of nitrogens with one attached hydrogen (secondary N) is 1. The van der Waals surface area contributed by atoms with Gasteiger partial charge in [0.1, 0.15) is 35.8 Å². The maximum Gasteiger partial charge on any atom is 0.159 e. The van der Waals surface area contributed by atoms with E-state index in [0.717, 1.165) is 6.07 Å². The molecule has 1 aromatic heterocycles. The lowest BCUT2D eigenvalue weighted by molar-refractivity contribution is 0.263. The minimum atomic E-state index is -0.831. The third-order valence-electron chi connectivity index (χ3n) is 5.45. The molecule has 2 aliphatic rings. The van der Waals surface area contributed by atoms with Gasteiger partial charge in [0.05, 0.1) is 22.0 Å². The van der Waals surface area contributed by atoms with Crippen LogP contribution in [0.2, 0.25) is 5.02 Å². The minimum absolute atomic E-state index is 0.0267. The van der Waals surface area contributed by atoms with Crippen LogP contribution < -0.4 is 15.0 Å². The van der Waals surface area contributed by atoms with E-state index >= 15 is 4.39 Å². The van der Waals surface area contributed by atoms with E-state index in [9.17, 15) is 9.50 Å². The lowest BCUT2D eigenvalue weighted by Crippen LogP contribution is -2.57. The van der Waals surface area contributed by atoms with Gasteiger partial charge in [0, 0.05) is 24.7 Å². The molecule has 5 rings (SSSR count). The zero-order valence-corrected chi connectivity index (χ0v) is 16.2. The van der Waals surface area contributed by atoms with Crippen molar-refractivity contribution in [1.82, 2.24) is 15.3 Å². The van der Waals surface area contributed by atoms with Gasteiger partial charge in [0.25, 0.3) is 0 Å². The van der Waals surface area contributed by atoms with Crippen molar-refractivity contribution in [2.45, 2.75) is 19.0 Å². The summed E-state index contributed by atoms with van der Waals surface area (Å²) in [4.78, 5) is 10.6. The molecule has 2 atom stereocenters. The van der Waals surface area contributed by atoms with Crippen LogP contribution in [0.3, 0.4) is 0 Å². The quantitative estimate of drug-likeness (QED) is 0.630. The number of nitrogens with zero attached hydrogens (tertiary/aromatic N) is 3. The summed E-state index contributed by atoms with van der Waals surface area (Å²) in [7, 11) is 0. The molecule has 2 aromatic carbocycles. The van der Waals surface area contributed by atoms with Crippen molar-refractivity contribution in [1.29, 1.82) is 0 Å². The summed E-state index contributed by atoms with van der Waals surface area (Å²) in [6, 6.07) is 3.93. The zero-order chi connectivity index (χ0) is 20.3. The van der Waals surface area contributed by atoms with Crippen LogP contribution >= 0.6 is 11.6 Å². The predicted octanol–water partition coefficient (Wildman–Crippen LogP) is 3.49. The molecular weight excluding hydrogens is 402 g/mol. The largest absolute Gasteiger partial charge is 0.507 e. The van der Waals surface area contributed by atoms with Gasteiger partial charge in [-0.2, -0.15) is 0 Å². The molecule has 0 bridgehead atoms. The Hall–Kier alpha value is -2.71. The van der Waals surface area contributed by atoms with Crippen molar-refractivity contribution in [2.24, 2.45) is 0 Å². The fraction of sp³-hybridized carbons (Fsp3) is 0.300. The fourth-order valence-electron chi connectivity index (χ4n) is 4.07. The topological polar surface area (TPSA) is 70.5 Å². The van der Waals surface area contributed by atoms with Crippen molar-refractivity contribution in [2.75, 3.05) is 24.6 Å². The molecular formula is C20H17ClF2N4O2. The van der Waals surface area contributed by atoms with Gasteiger partial charge in [0.15, 0.2) is 11.6 Å². The molecule has 2 aliphatic heterocycles. The van der Waals surface area contributed by atoms with Gasteiger partial charge in [-0.3, -0.25) is 0 Å². The van der Waals surface area contributed by atoms with E-state index in [1.807, 2.05) is 0 Å². The first kappa shape index (κ1) is 18.3. The normalized spacial score (nSPS) is 20.9. The van der Waals surface area contributed by atoms with Crippen molar-refractivity contribution in [3.05, 3.63) is 41.2 Å². The van der Waals surface area contributed by atoms with E-state index in [1.165, 1.54) is 18.5 Å². The van der Waals surface area contributed by atoms with Crippen LogP contribution in [0, 0.1) is 11.6 Å². The Labute approximate surface area is 170 Å². The number of hydrogen-bond donors (Lipinski definition) is 2. The van der Waals surface area contributed by atoms with Crippen molar-refractivity contribution in [3.8, 4) is 22.6 Å². The summed E-state index contributed by atoms with van der Waals surface area (Å²) >= 11 is 6.54. The summed E-state index contributed by atoms with van der Waals surface area (Å²) < 4.78 is 36.1. The summed E-state index contributed by atoms with van der Waals surface area (Å²) in [5, 5.41) is 13.8. The lowest BCUT2D eigenvalue weighted by atomic mass is 10.00. The maximum atomic E-state index is 15.6. The van der Waals surface area contributed by atoms with Crippen molar-refractivity contribution in [3.63, 3.8) is 0 Å². The van der Waals surface area contributed by atoms with Crippen molar-refractivity contribution < 1.29 is 18.6 Å². The first-order valence-corrected chi connectivity index (χ1v) is 9.61. The molecule has 6 nitrogen and oxygen atoms in total. The van der Waals surface area contributed by atoms with Crippen LogP contribution in [0.1, 0.15) is 6.92 Å². The van der Waals surface area contributed by atoms with E-state index in [4.69, 9.17) is 16.3 Å². The Morgan fingerprint density at radius 1 is 1.28 bits per heavy atom. The molecule has 2 N–H and O–H groups in total. The number of fused-ring (bicyclic) bond motifs is 2. The molecule has 3 heterocycles. The SMILES string of the molecule is C[C@H]1CN2c3ncnc4c(F)c(-c5c(O)cccc5F)c(Cl)c(c34)OCC2CN1. The molecule has 29 heavy (non-hydrogen) atoms. The Bertz CT molecular complexity index is 1120. The number of phenolic OH excluding ortho intramolecular Hbond substituents is 1. The van der Waals surface area contributed by atoms with E-state index in [1.54, 1.807) is 0 Å². The van der Waals surface area contributed by atoms with Gasteiger partial charge in [-0.1, -0.05) is 17.7 Å². The van der Waals surface area contributed by atoms with Crippen LogP contribution in [0.25, 0.3) is 22.0 Å². The smallest absolute Gasteiger partial charge is 0.159 e. The Morgan fingerprint density at radius 2 is 2.10 bits per heavy atom. The zero-order valence-electron chi connectivity index (χ0n) is 15.4. The van der Waals surface area contributed by atoms with Gasteiger partial charge in [-0.05, 0) is 19.1 Å². The Kier molecular flexibility index (Phi) is 4.22. The third kappa shape index (κ3) is 2.70. The Balaban J connectivity index is 1.83. The molecule has 150 valence electrons. The maximum absolute atomic E-state index is 15.6. The molecule has 0 spiro atoms. The number of halogens is 3. The number of anilines is 1. The third-order valence-corrected chi connectivity index (χ3v) is 5.81. The van der Waals surface area contributed by atoms with Crippen LogP contribution in [-0.2, 0) is 0 Å². The van der Waals surface area contributed by atoms with Gasteiger partial charge < -0.3 is 20.1 Å². The average molecular weight is 419 g/mol. The highest BCUT2D eigenvalue weighted by Gasteiger charge is 2.35. The second-order valence-corrected chi connectivity index (χ2v) is 7.69. The fourth-order valence-corrected chi connectivity index (χ4v) is 4.39. The summed E-state index contributed by atoms with van der Waals surface area (Å²) in [5.74, 6) is -1.32. The number of aromatic nitrogens is 2. The minimum Gasteiger partial charge on any atom is -0.507 e. The molecule has 1 saturated heterocycles. The first-order valence-electron chi connectivity index (χ1n) is 9.23. The van der Waals surface area contributed by atoms with Crippen LogP contribution in [0.4, 0.5) is 14.6 Å². The molecule has 0 radical (unpaired) electrons. The number of phenols is 1. The summed E-state index contributed by atoms with van der Waals surface area (Å²) in [6.07, 6.45) is 1.28. The van der Waals surface area contributed by atoms with Gasteiger partial charge in [0.2, 0.25) is 0 Å². The van der Waals surface area contributed by atoms with Crippen molar-refractivity contribution >= 4 is 28.3 Å². The highest BCUT2D eigenvalue weighted by molar-refractivity contribution is 6.36. The van der Waals surface area contributed by atoms with E-state index in [-0.39, 0.29) is 39.5 Å². The van der Waals surface area contributed by atoms with Crippen LogP contribution in [0.5, 0.6) is 11.5 Å². The number of hydrogen-bond acceptors (Lipinski definition) is 6. The monoisotopic (exact) mass is 418 g/mol. The molecule has 0 saturated carbocycles. The number of benzene rings is 2. The molecule has 1 unspecified atom stereocenters.